The Labute approximate surface area is 106 Å². The number of benzene rings is 2. The summed E-state index contributed by atoms with van der Waals surface area (Å²) < 4.78 is 19.2. The van der Waals surface area contributed by atoms with E-state index < -0.39 is 5.82 Å². The highest BCUT2D eigenvalue weighted by Gasteiger charge is 2.10. The van der Waals surface area contributed by atoms with Gasteiger partial charge < -0.3 is 10.5 Å². The van der Waals surface area contributed by atoms with Crippen LogP contribution in [0.5, 0.6) is 5.75 Å². The molecular formula is C15H16FNO. The van der Waals surface area contributed by atoms with E-state index in [1.54, 1.807) is 6.92 Å². The van der Waals surface area contributed by atoms with Crippen LogP contribution in [0.1, 0.15) is 12.5 Å². The van der Waals surface area contributed by atoms with E-state index in [2.05, 4.69) is 0 Å². The van der Waals surface area contributed by atoms with Crippen LogP contribution in [-0.2, 0) is 0 Å². The third kappa shape index (κ3) is 2.30. The molecule has 0 radical (unpaired) electrons. The molecule has 0 amide bonds. The predicted molar refractivity (Wildman–Crippen MR) is 72.2 cm³/mol. The van der Waals surface area contributed by atoms with Crippen LogP contribution in [0.3, 0.4) is 0 Å². The molecule has 0 aromatic heterocycles. The molecule has 0 aliphatic rings. The van der Waals surface area contributed by atoms with Crippen LogP contribution in [0.25, 0.3) is 11.1 Å². The molecule has 2 N–H and O–H groups in total. The van der Waals surface area contributed by atoms with Gasteiger partial charge >= 0.3 is 0 Å². The van der Waals surface area contributed by atoms with Crippen LogP contribution < -0.4 is 10.5 Å². The van der Waals surface area contributed by atoms with E-state index in [9.17, 15) is 4.39 Å². The molecule has 0 fully saturated rings. The van der Waals surface area contributed by atoms with Gasteiger partial charge in [-0.2, -0.15) is 0 Å². The summed E-state index contributed by atoms with van der Waals surface area (Å²) in [4.78, 5) is 0. The number of halogens is 1. The Bertz CT molecular complexity index is 543. The van der Waals surface area contributed by atoms with Gasteiger partial charge in [0.1, 0.15) is 11.6 Å². The van der Waals surface area contributed by atoms with Crippen LogP contribution in [-0.4, -0.2) is 6.61 Å². The highest BCUT2D eigenvalue weighted by molar-refractivity contribution is 5.73. The lowest BCUT2D eigenvalue weighted by atomic mass is 10.0. The number of rotatable bonds is 3. The summed E-state index contributed by atoms with van der Waals surface area (Å²) in [5.41, 5.74) is 8.21. The van der Waals surface area contributed by atoms with Gasteiger partial charge in [-0.15, -0.1) is 0 Å². The second-order valence-corrected chi connectivity index (χ2v) is 4.12. The lowest BCUT2D eigenvalue weighted by Crippen LogP contribution is -1.97. The van der Waals surface area contributed by atoms with Gasteiger partial charge in [0.15, 0.2) is 0 Å². The SMILES string of the molecule is CCOc1ccccc1-c1cc(C)c(N)c(F)c1. The molecule has 0 unspecified atom stereocenters. The fraction of sp³-hybridized carbons (Fsp3) is 0.200. The molecule has 94 valence electrons. The second kappa shape index (κ2) is 5.08. The Balaban J connectivity index is 2.55. The van der Waals surface area contributed by atoms with Crippen LogP contribution in [0.15, 0.2) is 36.4 Å². The summed E-state index contributed by atoms with van der Waals surface area (Å²) in [6.07, 6.45) is 0. The number of aryl methyl sites for hydroxylation is 1. The first-order valence-electron chi connectivity index (χ1n) is 5.91. The van der Waals surface area contributed by atoms with Crippen molar-refractivity contribution in [1.29, 1.82) is 0 Å². The first-order valence-corrected chi connectivity index (χ1v) is 5.91. The molecule has 18 heavy (non-hydrogen) atoms. The molecule has 0 heterocycles. The topological polar surface area (TPSA) is 35.2 Å². The minimum atomic E-state index is -0.392. The summed E-state index contributed by atoms with van der Waals surface area (Å²) in [5, 5.41) is 0. The van der Waals surface area contributed by atoms with Crippen LogP contribution in [0, 0.1) is 12.7 Å². The molecule has 0 saturated carbocycles. The maximum Gasteiger partial charge on any atom is 0.146 e. The first-order chi connectivity index (χ1) is 8.63. The predicted octanol–water partition coefficient (Wildman–Crippen LogP) is 3.78. The highest BCUT2D eigenvalue weighted by atomic mass is 19.1. The zero-order chi connectivity index (χ0) is 13.1. The molecule has 0 spiro atoms. The summed E-state index contributed by atoms with van der Waals surface area (Å²) in [7, 11) is 0. The number of nitrogens with two attached hydrogens (primary N) is 1. The normalized spacial score (nSPS) is 10.4. The average Bonchev–Trinajstić information content (AvgIpc) is 2.36. The minimum absolute atomic E-state index is 0.202. The lowest BCUT2D eigenvalue weighted by Gasteiger charge is -2.12. The zero-order valence-corrected chi connectivity index (χ0v) is 10.5. The Morgan fingerprint density at radius 2 is 1.94 bits per heavy atom. The molecule has 0 saturated heterocycles. The second-order valence-electron chi connectivity index (χ2n) is 4.12. The van der Waals surface area contributed by atoms with Crippen LogP contribution in [0.4, 0.5) is 10.1 Å². The fourth-order valence-electron chi connectivity index (χ4n) is 1.90. The van der Waals surface area contributed by atoms with Crippen molar-refractivity contribution < 1.29 is 9.13 Å². The van der Waals surface area contributed by atoms with E-state index in [1.807, 2.05) is 37.3 Å². The van der Waals surface area contributed by atoms with Crippen LogP contribution in [0.2, 0.25) is 0 Å². The van der Waals surface area contributed by atoms with Gasteiger partial charge in [-0.3, -0.25) is 0 Å². The largest absolute Gasteiger partial charge is 0.493 e. The third-order valence-corrected chi connectivity index (χ3v) is 2.83. The summed E-state index contributed by atoms with van der Waals surface area (Å²) >= 11 is 0. The van der Waals surface area contributed by atoms with E-state index in [1.165, 1.54) is 6.07 Å². The third-order valence-electron chi connectivity index (χ3n) is 2.83. The summed E-state index contributed by atoms with van der Waals surface area (Å²) in [6.45, 7) is 4.30. The molecule has 2 rings (SSSR count). The fourth-order valence-corrected chi connectivity index (χ4v) is 1.90. The first kappa shape index (κ1) is 12.4. The van der Waals surface area contributed by atoms with E-state index in [-0.39, 0.29) is 5.69 Å². The maximum atomic E-state index is 13.7. The Morgan fingerprint density at radius 3 is 2.61 bits per heavy atom. The average molecular weight is 245 g/mol. The smallest absolute Gasteiger partial charge is 0.146 e. The molecule has 0 aliphatic carbocycles. The summed E-state index contributed by atoms with van der Waals surface area (Å²) in [5.74, 6) is 0.361. The molecule has 0 atom stereocenters. The molecule has 2 aromatic carbocycles. The molecular weight excluding hydrogens is 229 g/mol. The zero-order valence-electron chi connectivity index (χ0n) is 10.5. The lowest BCUT2D eigenvalue weighted by molar-refractivity contribution is 0.341. The Morgan fingerprint density at radius 1 is 1.22 bits per heavy atom. The molecule has 3 heteroatoms. The monoisotopic (exact) mass is 245 g/mol. The van der Waals surface area contributed by atoms with Crippen molar-refractivity contribution in [3.8, 4) is 16.9 Å². The number of ether oxygens (including phenoxy) is 1. The van der Waals surface area contributed by atoms with Crippen molar-refractivity contribution >= 4 is 5.69 Å². The van der Waals surface area contributed by atoms with Crippen molar-refractivity contribution in [2.24, 2.45) is 0 Å². The van der Waals surface area contributed by atoms with Crippen molar-refractivity contribution in [2.75, 3.05) is 12.3 Å². The molecule has 2 nitrogen and oxygen atoms in total. The van der Waals surface area contributed by atoms with Gasteiger partial charge in [0.05, 0.1) is 12.3 Å². The van der Waals surface area contributed by atoms with Crippen molar-refractivity contribution in [3.05, 3.63) is 47.8 Å². The van der Waals surface area contributed by atoms with E-state index >= 15 is 0 Å². The standard InChI is InChI=1S/C15H16FNO/c1-3-18-14-7-5-4-6-12(14)11-8-10(2)15(17)13(16)9-11/h4-9H,3,17H2,1-2H3. The van der Waals surface area contributed by atoms with Gasteiger partial charge in [0.25, 0.3) is 0 Å². The number of anilines is 1. The van der Waals surface area contributed by atoms with Crippen molar-refractivity contribution in [1.82, 2.24) is 0 Å². The number of nitrogen functional groups attached to an aromatic ring is 1. The highest BCUT2D eigenvalue weighted by Crippen LogP contribution is 2.32. The number of hydrogen-bond donors (Lipinski definition) is 1. The van der Waals surface area contributed by atoms with Gasteiger partial charge in [0, 0.05) is 5.56 Å². The van der Waals surface area contributed by atoms with Gasteiger partial charge in [0.2, 0.25) is 0 Å². The van der Waals surface area contributed by atoms with E-state index in [4.69, 9.17) is 10.5 Å². The Kier molecular flexibility index (Phi) is 3.51. The quantitative estimate of drug-likeness (QED) is 0.835. The number of para-hydroxylation sites is 1. The Hall–Kier alpha value is -2.03. The maximum absolute atomic E-state index is 13.7. The van der Waals surface area contributed by atoms with Crippen molar-refractivity contribution in [2.45, 2.75) is 13.8 Å². The molecule has 2 aromatic rings. The molecule has 0 aliphatic heterocycles. The van der Waals surface area contributed by atoms with Gasteiger partial charge in [-0.1, -0.05) is 18.2 Å². The van der Waals surface area contributed by atoms with Crippen LogP contribution >= 0.6 is 0 Å². The number of hydrogen-bond acceptors (Lipinski definition) is 2. The van der Waals surface area contributed by atoms with E-state index in [0.717, 1.165) is 22.4 Å². The summed E-state index contributed by atoms with van der Waals surface area (Å²) in [6, 6.07) is 10.9. The minimum Gasteiger partial charge on any atom is -0.493 e. The van der Waals surface area contributed by atoms with E-state index in [0.29, 0.717) is 6.61 Å². The van der Waals surface area contributed by atoms with Crippen molar-refractivity contribution in [3.63, 3.8) is 0 Å². The van der Waals surface area contributed by atoms with Gasteiger partial charge in [-0.05, 0) is 43.2 Å². The molecule has 0 bridgehead atoms. The van der Waals surface area contributed by atoms with Gasteiger partial charge in [-0.25, -0.2) is 4.39 Å².